The molecule has 1 amide bonds. The van der Waals surface area contributed by atoms with E-state index in [1.807, 2.05) is 6.92 Å². The summed E-state index contributed by atoms with van der Waals surface area (Å²) in [6.45, 7) is 6.14. The van der Waals surface area contributed by atoms with Crippen LogP contribution in [0.25, 0.3) is 0 Å². The number of nitrogens with one attached hydrogen (secondary N) is 1. The smallest absolute Gasteiger partial charge is 0.224 e. The van der Waals surface area contributed by atoms with E-state index in [4.69, 9.17) is 4.74 Å². The van der Waals surface area contributed by atoms with Crippen LogP contribution in [-0.2, 0) is 16.0 Å². The normalized spacial score (nSPS) is 17.5. The van der Waals surface area contributed by atoms with E-state index in [1.54, 1.807) is 12.1 Å². The molecule has 6 heteroatoms. The van der Waals surface area contributed by atoms with Crippen molar-refractivity contribution in [2.24, 2.45) is 0 Å². The Bertz CT molecular complexity index is 493. The first kappa shape index (κ1) is 16.4. The topological polar surface area (TPSA) is 41.6 Å². The van der Waals surface area contributed by atoms with Gasteiger partial charge in [0, 0.05) is 25.7 Å². The zero-order valence-corrected chi connectivity index (χ0v) is 13.7. The Kier molecular flexibility index (Phi) is 6.14. The van der Waals surface area contributed by atoms with Crippen LogP contribution >= 0.6 is 15.9 Å². The Morgan fingerprint density at radius 2 is 2.19 bits per heavy atom. The van der Waals surface area contributed by atoms with Gasteiger partial charge in [-0.25, -0.2) is 4.39 Å². The van der Waals surface area contributed by atoms with Crippen molar-refractivity contribution in [2.75, 3.05) is 32.8 Å². The lowest BCUT2D eigenvalue weighted by atomic mass is 10.1. The molecule has 1 N–H and O–H groups in total. The van der Waals surface area contributed by atoms with E-state index in [2.05, 4.69) is 26.1 Å². The minimum Gasteiger partial charge on any atom is -0.379 e. The van der Waals surface area contributed by atoms with Crippen LogP contribution in [0.4, 0.5) is 4.39 Å². The van der Waals surface area contributed by atoms with Crippen LogP contribution in [0.15, 0.2) is 22.7 Å². The maximum atomic E-state index is 13.1. The molecule has 1 heterocycles. The fraction of sp³-hybridized carbons (Fsp3) is 0.533. The third-order valence-corrected chi connectivity index (χ3v) is 4.00. The van der Waals surface area contributed by atoms with Crippen LogP contribution in [0, 0.1) is 5.82 Å². The van der Waals surface area contributed by atoms with E-state index in [0.29, 0.717) is 4.47 Å². The van der Waals surface area contributed by atoms with E-state index in [1.165, 1.54) is 6.07 Å². The monoisotopic (exact) mass is 358 g/mol. The number of hydrogen-bond acceptors (Lipinski definition) is 3. The Labute approximate surface area is 132 Å². The first-order valence-corrected chi connectivity index (χ1v) is 7.87. The Morgan fingerprint density at radius 1 is 1.48 bits per heavy atom. The largest absolute Gasteiger partial charge is 0.379 e. The van der Waals surface area contributed by atoms with Gasteiger partial charge in [-0.05, 0) is 40.5 Å². The molecule has 1 saturated heterocycles. The Balaban J connectivity index is 1.78. The summed E-state index contributed by atoms with van der Waals surface area (Å²) >= 11 is 3.13. The lowest BCUT2D eigenvalue weighted by Crippen LogP contribution is -2.46. The zero-order valence-electron chi connectivity index (χ0n) is 12.1. The van der Waals surface area contributed by atoms with Gasteiger partial charge in [0.05, 0.1) is 24.1 Å². The number of carbonyl (C=O) groups excluding carboxylic acids is 1. The zero-order chi connectivity index (χ0) is 15.2. The molecule has 1 aromatic rings. The molecule has 1 aliphatic heterocycles. The SMILES string of the molecule is CC(CN1CCOCC1)NC(=O)Cc1ccc(F)c(Br)c1. The number of amides is 1. The van der Waals surface area contributed by atoms with Crippen molar-refractivity contribution in [3.63, 3.8) is 0 Å². The van der Waals surface area contributed by atoms with Gasteiger partial charge in [-0.15, -0.1) is 0 Å². The highest BCUT2D eigenvalue weighted by atomic mass is 79.9. The van der Waals surface area contributed by atoms with Crippen molar-refractivity contribution < 1.29 is 13.9 Å². The molecule has 21 heavy (non-hydrogen) atoms. The van der Waals surface area contributed by atoms with E-state index in [0.717, 1.165) is 38.4 Å². The molecule has 2 rings (SSSR count). The number of carbonyl (C=O) groups is 1. The molecule has 1 aromatic carbocycles. The second-order valence-electron chi connectivity index (χ2n) is 5.31. The summed E-state index contributed by atoms with van der Waals surface area (Å²) < 4.78 is 18.8. The molecule has 0 aliphatic carbocycles. The molecule has 0 aromatic heterocycles. The minimum atomic E-state index is -0.320. The molecule has 0 radical (unpaired) electrons. The predicted octanol–water partition coefficient (Wildman–Crippen LogP) is 1.97. The number of benzene rings is 1. The number of ether oxygens (including phenoxy) is 1. The molecular formula is C15H20BrFN2O2. The van der Waals surface area contributed by atoms with E-state index >= 15 is 0 Å². The molecule has 1 aliphatic rings. The van der Waals surface area contributed by atoms with Gasteiger partial charge in [-0.2, -0.15) is 0 Å². The first-order valence-electron chi connectivity index (χ1n) is 7.08. The van der Waals surface area contributed by atoms with Gasteiger partial charge in [0.1, 0.15) is 5.82 Å². The van der Waals surface area contributed by atoms with Crippen molar-refractivity contribution in [3.05, 3.63) is 34.1 Å². The molecule has 0 spiro atoms. The second-order valence-corrected chi connectivity index (χ2v) is 6.16. The van der Waals surface area contributed by atoms with E-state index < -0.39 is 0 Å². The summed E-state index contributed by atoms with van der Waals surface area (Å²) in [5.41, 5.74) is 0.791. The predicted molar refractivity (Wildman–Crippen MR) is 82.7 cm³/mol. The first-order chi connectivity index (χ1) is 10.0. The highest BCUT2D eigenvalue weighted by molar-refractivity contribution is 9.10. The number of rotatable bonds is 5. The van der Waals surface area contributed by atoms with Gasteiger partial charge in [0.25, 0.3) is 0 Å². The standard InChI is InChI=1S/C15H20BrFN2O2/c1-11(10-19-4-6-21-7-5-19)18-15(20)9-12-2-3-14(17)13(16)8-12/h2-3,8,11H,4-7,9-10H2,1H3,(H,18,20). The Morgan fingerprint density at radius 3 is 2.86 bits per heavy atom. The van der Waals surface area contributed by atoms with E-state index in [-0.39, 0.29) is 24.2 Å². The average Bonchev–Trinajstić information content (AvgIpc) is 2.43. The number of nitrogens with zero attached hydrogens (tertiary/aromatic N) is 1. The van der Waals surface area contributed by atoms with Crippen molar-refractivity contribution in [1.29, 1.82) is 0 Å². The van der Waals surface area contributed by atoms with Crippen LogP contribution in [0.5, 0.6) is 0 Å². The third kappa shape index (κ3) is 5.37. The average molecular weight is 359 g/mol. The van der Waals surface area contributed by atoms with Crippen molar-refractivity contribution in [1.82, 2.24) is 10.2 Å². The molecular weight excluding hydrogens is 339 g/mol. The summed E-state index contributed by atoms with van der Waals surface area (Å²) in [4.78, 5) is 14.3. The summed E-state index contributed by atoms with van der Waals surface area (Å²) in [5, 5.41) is 2.98. The summed E-state index contributed by atoms with van der Waals surface area (Å²) in [5.74, 6) is -0.367. The number of morpholine rings is 1. The lowest BCUT2D eigenvalue weighted by molar-refractivity contribution is -0.121. The van der Waals surface area contributed by atoms with Crippen LogP contribution < -0.4 is 5.32 Å². The van der Waals surface area contributed by atoms with E-state index in [9.17, 15) is 9.18 Å². The van der Waals surface area contributed by atoms with Crippen molar-refractivity contribution in [3.8, 4) is 0 Å². The molecule has 4 nitrogen and oxygen atoms in total. The molecule has 1 atom stereocenters. The van der Waals surface area contributed by atoms with Crippen LogP contribution in [0.1, 0.15) is 12.5 Å². The lowest BCUT2D eigenvalue weighted by Gasteiger charge is -2.29. The van der Waals surface area contributed by atoms with Gasteiger partial charge in [0.2, 0.25) is 5.91 Å². The quantitative estimate of drug-likeness (QED) is 0.874. The van der Waals surface area contributed by atoms with Gasteiger partial charge in [-0.3, -0.25) is 9.69 Å². The second kappa shape index (κ2) is 7.87. The summed E-state index contributed by atoms with van der Waals surface area (Å²) in [6.07, 6.45) is 0.256. The molecule has 1 fully saturated rings. The summed E-state index contributed by atoms with van der Waals surface area (Å²) in [7, 11) is 0. The van der Waals surface area contributed by atoms with Gasteiger partial charge < -0.3 is 10.1 Å². The maximum Gasteiger partial charge on any atom is 0.224 e. The molecule has 0 saturated carbocycles. The van der Waals surface area contributed by atoms with Gasteiger partial charge in [-0.1, -0.05) is 6.07 Å². The maximum absolute atomic E-state index is 13.1. The highest BCUT2D eigenvalue weighted by Crippen LogP contribution is 2.17. The Hall–Kier alpha value is -0.980. The van der Waals surface area contributed by atoms with Crippen molar-refractivity contribution >= 4 is 21.8 Å². The van der Waals surface area contributed by atoms with Crippen LogP contribution in [0.3, 0.4) is 0 Å². The molecule has 116 valence electrons. The van der Waals surface area contributed by atoms with Gasteiger partial charge >= 0.3 is 0 Å². The minimum absolute atomic E-state index is 0.0470. The van der Waals surface area contributed by atoms with Crippen LogP contribution in [0.2, 0.25) is 0 Å². The fourth-order valence-electron chi connectivity index (χ4n) is 2.38. The summed E-state index contributed by atoms with van der Waals surface area (Å²) in [6, 6.07) is 4.72. The van der Waals surface area contributed by atoms with Crippen LogP contribution in [-0.4, -0.2) is 49.7 Å². The molecule has 1 unspecified atom stereocenters. The third-order valence-electron chi connectivity index (χ3n) is 3.39. The highest BCUT2D eigenvalue weighted by Gasteiger charge is 2.15. The number of hydrogen-bond donors (Lipinski definition) is 1. The van der Waals surface area contributed by atoms with Crippen molar-refractivity contribution in [2.45, 2.75) is 19.4 Å². The fourth-order valence-corrected chi connectivity index (χ4v) is 2.80. The number of halogens is 2. The molecule has 0 bridgehead atoms. The van der Waals surface area contributed by atoms with Gasteiger partial charge in [0.15, 0.2) is 0 Å².